The molecule has 0 aliphatic carbocycles. The van der Waals surface area contributed by atoms with Crippen molar-refractivity contribution in [1.29, 1.82) is 0 Å². The Balaban J connectivity index is 1.79. The van der Waals surface area contributed by atoms with Crippen molar-refractivity contribution in [3.8, 4) is 11.4 Å². The number of benzene rings is 2. The molecular weight excluding hydrogens is 362 g/mol. The summed E-state index contributed by atoms with van der Waals surface area (Å²) in [6, 6.07) is 13.7. The molecule has 0 saturated heterocycles. The second kappa shape index (κ2) is 6.95. The zero-order valence-corrected chi connectivity index (χ0v) is 15.3. The van der Waals surface area contributed by atoms with Crippen LogP contribution in [0.4, 0.5) is 0 Å². The first-order chi connectivity index (χ1) is 11.9. The Morgan fingerprint density at radius 3 is 2.56 bits per heavy atom. The van der Waals surface area contributed by atoms with E-state index in [2.05, 4.69) is 10.1 Å². The lowest BCUT2D eigenvalue weighted by molar-refractivity contribution is 0.337. The van der Waals surface area contributed by atoms with E-state index in [9.17, 15) is 8.42 Å². The minimum atomic E-state index is -3.67. The molecular formula is C17H16ClN3O3S. The SMILES string of the molecule is Cc1cccc(-c2noc(CN(C)S(=O)(=O)c3ccc(Cl)cc3)n2)c1. The molecule has 0 N–H and O–H groups in total. The summed E-state index contributed by atoms with van der Waals surface area (Å²) in [6.45, 7) is 1.95. The lowest BCUT2D eigenvalue weighted by atomic mass is 10.1. The van der Waals surface area contributed by atoms with E-state index in [4.69, 9.17) is 16.1 Å². The van der Waals surface area contributed by atoms with Gasteiger partial charge in [-0.1, -0.05) is 40.5 Å². The number of hydrogen-bond donors (Lipinski definition) is 0. The van der Waals surface area contributed by atoms with Crippen LogP contribution in [-0.2, 0) is 16.6 Å². The number of halogens is 1. The van der Waals surface area contributed by atoms with Gasteiger partial charge in [0.15, 0.2) is 0 Å². The Kier molecular flexibility index (Phi) is 4.89. The summed E-state index contributed by atoms with van der Waals surface area (Å²) >= 11 is 5.80. The third-order valence-corrected chi connectivity index (χ3v) is 5.69. The topological polar surface area (TPSA) is 76.3 Å². The van der Waals surface area contributed by atoms with Crippen LogP contribution in [0.2, 0.25) is 5.02 Å². The Labute approximate surface area is 151 Å². The first kappa shape index (κ1) is 17.6. The minimum Gasteiger partial charge on any atom is -0.338 e. The van der Waals surface area contributed by atoms with E-state index in [1.165, 1.54) is 31.3 Å². The Morgan fingerprint density at radius 1 is 1.16 bits per heavy atom. The molecule has 6 nitrogen and oxygen atoms in total. The summed E-state index contributed by atoms with van der Waals surface area (Å²) in [6.07, 6.45) is 0. The van der Waals surface area contributed by atoms with Gasteiger partial charge in [0.1, 0.15) is 0 Å². The molecule has 130 valence electrons. The molecule has 0 unspecified atom stereocenters. The van der Waals surface area contributed by atoms with Crippen molar-refractivity contribution in [3.63, 3.8) is 0 Å². The third kappa shape index (κ3) is 3.89. The molecule has 2 aromatic carbocycles. The molecule has 1 aromatic heterocycles. The average molecular weight is 378 g/mol. The van der Waals surface area contributed by atoms with E-state index in [1.54, 1.807) is 0 Å². The van der Waals surface area contributed by atoms with Crippen LogP contribution in [-0.4, -0.2) is 29.9 Å². The Morgan fingerprint density at radius 2 is 1.88 bits per heavy atom. The van der Waals surface area contributed by atoms with E-state index in [0.29, 0.717) is 10.8 Å². The molecule has 3 rings (SSSR count). The maximum absolute atomic E-state index is 12.6. The summed E-state index contributed by atoms with van der Waals surface area (Å²) in [5.41, 5.74) is 1.89. The van der Waals surface area contributed by atoms with Crippen LogP contribution in [0.15, 0.2) is 57.9 Å². The molecule has 0 aliphatic rings. The van der Waals surface area contributed by atoms with Gasteiger partial charge in [0.25, 0.3) is 0 Å². The molecule has 0 aliphatic heterocycles. The number of nitrogens with zero attached hydrogens (tertiary/aromatic N) is 3. The van der Waals surface area contributed by atoms with Crippen molar-refractivity contribution in [2.75, 3.05) is 7.05 Å². The van der Waals surface area contributed by atoms with Gasteiger partial charge in [-0.15, -0.1) is 0 Å². The van der Waals surface area contributed by atoms with E-state index in [0.717, 1.165) is 15.4 Å². The zero-order valence-electron chi connectivity index (χ0n) is 13.7. The van der Waals surface area contributed by atoms with Gasteiger partial charge < -0.3 is 4.52 Å². The van der Waals surface area contributed by atoms with Crippen molar-refractivity contribution >= 4 is 21.6 Å². The van der Waals surface area contributed by atoms with Crippen molar-refractivity contribution in [3.05, 3.63) is 65.0 Å². The van der Waals surface area contributed by atoms with E-state index >= 15 is 0 Å². The number of sulfonamides is 1. The molecule has 8 heteroatoms. The van der Waals surface area contributed by atoms with Crippen LogP contribution in [0.3, 0.4) is 0 Å². The summed E-state index contributed by atoms with van der Waals surface area (Å²) in [7, 11) is -2.21. The highest BCUT2D eigenvalue weighted by Crippen LogP contribution is 2.21. The summed E-state index contributed by atoms with van der Waals surface area (Å²) < 4.78 is 31.5. The quantitative estimate of drug-likeness (QED) is 0.679. The highest BCUT2D eigenvalue weighted by molar-refractivity contribution is 7.89. The molecule has 1 heterocycles. The average Bonchev–Trinajstić information content (AvgIpc) is 3.04. The fourth-order valence-corrected chi connectivity index (χ4v) is 3.53. The van der Waals surface area contributed by atoms with Crippen LogP contribution in [0.25, 0.3) is 11.4 Å². The fourth-order valence-electron chi connectivity index (χ4n) is 2.28. The van der Waals surface area contributed by atoms with Gasteiger partial charge >= 0.3 is 0 Å². The van der Waals surface area contributed by atoms with Crippen molar-refractivity contribution in [1.82, 2.24) is 14.4 Å². The Bertz CT molecular complexity index is 984. The lowest BCUT2D eigenvalue weighted by Gasteiger charge is -2.14. The number of aryl methyl sites for hydroxylation is 1. The van der Waals surface area contributed by atoms with Crippen molar-refractivity contribution < 1.29 is 12.9 Å². The fraction of sp³-hybridized carbons (Fsp3) is 0.176. The van der Waals surface area contributed by atoms with E-state index in [1.807, 2.05) is 31.2 Å². The molecule has 0 fully saturated rings. The van der Waals surface area contributed by atoms with Gasteiger partial charge in [-0.3, -0.25) is 0 Å². The first-order valence-electron chi connectivity index (χ1n) is 7.48. The second-order valence-electron chi connectivity index (χ2n) is 5.60. The number of aromatic nitrogens is 2. The van der Waals surface area contributed by atoms with Gasteiger partial charge in [-0.25, -0.2) is 8.42 Å². The predicted octanol–water partition coefficient (Wildman–Crippen LogP) is 3.52. The number of hydrogen-bond acceptors (Lipinski definition) is 5. The molecule has 0 radical (unpaired) electrons. The van der Waals surface area contributed by atoms with Crippen molar-refractivity contribution in [2.45, 2.75) is 18.4 Å². The smallest absolute Gasteiger partial charge is 0.243 e. The van der Waals surface area contributed by atoms with Gasteiger partial charge in [-0.2, -0.15) is 9.29 Å². The molecule has 0 saturated carbocycles. The van der Waals surface area contributed by atoms with Gasteiger partial charge in [0.2, 0.25) is 21.7 Å². The van der Waals surface area contributed by atoms with Gasteiger partial charge in [0, 0.05) is 17.6 Å². The molecule has 0 bridgehead atoms. The largest absolute Gasteiger partial charge is 0.338 e. The maximum atomic E-state index is 12.6. The maximum Gasteiger partial charge on any atom is 0.243 e. The normalized spacial score (nSPS) is 11.8. The first-order valence-corrected chi connectivity index (χ1v) is 9.29. The summed E-state index contributed by atoms with van der Waals surface area (Å²) in [4.78, 5) is 4.43. The minimum absolute atomic E-state index is 0.0240. The van der Waals surface area contributed by atoms with Crippen LogP contribution in [0.1, 0.15) is 11.5 Å². The Hall–Kier alpha value is -2.22. The van der Waals surface area contributed by atoms with Crippen LogP contribution in [0, 0.1) is 6.92 Å². The lowest BCUT2D eigenvalue weighted by Crippen LogP contribution is -2.26. The molecule has 25 heavy (non-hydrogen) atoms. The van der Waals surface area contributed by atoms with Crippen LogP contribution in [0.5, 0.6) is 0 Å². The van der Waals surface area contributed by atoms with E-state index < -0.39 is 10.0 Å². The van der Waals surface area contributed by atoms with Gasteiger partial charge in [0.05, 0.1) is 11.4 Å². The van der Waals surface area contributed by atoms with Gasteiger partial charge in [-0.05, 0) is 37.3 Å². The van der Waals surface area contributed by atoms with Crippen LogP contribution >= 0.6 is 11.6 Å². The molecule has 0 atom stereocenters. The summed E-state index contributed by atoms with van der Waals surface area (Å²) in [5, 5.41) is 4.40. The molecule has 0 spiro atoms. The molecule has 3 aromatic rings. The zero-order chi connectivity index (χ0) is 18.0. The third-order valence-electron chi connectivity index (χ3n) is 3.62. The van der Waals surface area contributed by atoms with Crippen molar-refractivity contribution in [2.24, 2.45) is 0 Å². The highest BCUT2D eigenvalue weighted by Gasteiger charge is 2.23. The highest BCUT2D eigenvalue weighted by atomic mass is 35.5. The number of rotatable bonds is 5. The predicted molar refractivity (Wildman–Crippen MR) is 94.6 cm³/mol. The molecule has 0 amide bonds. The standard InChI is InChI=1S/C17H16ClN3O3S/c1-12-4-3-5-13(10-12)17-19-16(24-20-17)11-21(2)25(22,23)15-8-6-14(18)7-9-15/h3-10H,11H2,1-2H3. The van der Waals surface area contributed by atoms with Crippen LogP contribution < -0.4 is 0 Å². The summed E-state index contributed by atoms with van der Waals surface area (Å²) in [5.74, 6) is 0.646. The second-order valence-corrected chi connectivity index (χ2v) is 8.08. The monoisotopic (exact) mass is 377 g/mol. The van der Waals surface area contributed by atoms with E-state index in [-0.39, 0.29) is 17.3 Å².